The van der Waals surface area contributed by atoms with Gasteiger partial charge in [0.05, 0.1) is 5.69 Å². The van der Waals surface area contributed by atoms with Gasteiger partial charge in [0.1, 0.15) is 6.10 Å². The standard InChI is InChI=1S/C12H15N3OS2/c1-18-9-4-2-3-8(5-9)13-7-11(16)10-6-14-12(17)15-10/h2-6,11,13,16H,7H2,1H3,(H2,14,15,17). The smallest absolute Gasteiger partial charge is 0.174 e. The fourth-order valence-electron chi connectivity index (χ4n) is 1.58. The molecule has 1 atom stereocenters. The minimum Gasteiger partial charge on any atom is -0.385 e. The lowest BCUT2D eigenvalue weighted by Gasteiger charge is -2.11. The number of imidazole rings is 1. The van der Waals surface area contributed by atoms with Crippen LogP contribution in [0.2, 0.25) is 0 Å². The molecule has 0 aliphatic carbocycles. The average molecular weight is 281 g/mol. The van der Waals surface area contributed by atoms with Crippen molar-refractivity contribution in [2.24, 2.45) is 0 Å². The number of hydrogen-bond acceptors (Lipinski definition) is 4. The van der Waals surface area contributed by atoms with Crippen molar-refractivity contribution in [3.63, 3.8) is 0 Å². The van der Waals surface area contributed by atoms with Crippen LogP contribution >= 0.6 is 24.0 Å². The highest BCUT2D eigenvalue weighted by molar-refractivity contribution is 7.98. The second kappa shape index (κ2) is 6.08. The van der Waals surface area contributed by atoms with E-state index in [0.29, 0.717) is 17.0 Å². The molecular formula is C12H15N3OS2. The van der Waals surface area contributed by atoms with Gasteiger partial charge in [-0.15, -0.1) is 11.8 Å². The molecule has 1 unspecified atom stereocenters. The van der Waals surface area contributed by atoms with Crippen LogP contribution in [0.15, 0.2) is 35.4 Å². The highest BCUT2D eigenvalue weighted by Crippen LogP contribution is 2.19. The van der Waals surface area contributed by atoms with Gasteiger partial charge in [-0.3, -0.25) is 0 Å². The quantitative estimate of drug-likeness (QED) is 0.502. The lowest BCUT2D eigenvalue weighted by molar-refractivity contribution is 0.187. The molecule has 0 fully saturated rings. The Hall–Kier alpha value is -1.24. The molecule has 0 amide bonds. The second-order valence-corrected chi connectivity index (χ2v) is 5.11. The van der Waals surface area contributed by atoms with Crippen LogP contribution in [-0.4, -0.2) is 27.9 Å². The van der Waals surface area contributed by atoms with Crippen LogP contribution in [0, 0.1) is 4.77 Å². The normalized spacial score (nSPS) is 12.3. The molecule has 1 aromatic heterocycles. The molecule has 4 nitrogen and oxygen atoms in total. The number of aromatic nitrogens is 2. The van der Waals surface area contributed by atoms with E-state index in [4.69, 9.17) is 12.2 Å². The fourth-order valence-corrected chi connectivity index (χ4v) is 2.22. The first-order valence-electron chi connectivity index (χ1n) is 5.52. The van der Waals surface area contributed by atoms with Gasteiger partial charge in [0.15, 0.2) is 4.77 Å². The van der Waals surface area contributed by atoms with Gasteiger partial charge < -0.3 is 20.4 Å². The summed E-state index contributed by atoms with van der Waals surface area (Å²) < 4.78 is 0.522. The number of aliphatic hydroxyl groups excluding tert-OH is 1. The topological polar surface area (TPSA) is 63.8 Å². The summed E-state index contributed by atoms with van der Waals surface area (Å²) in [4.78, 5) is 6.92. The highest BCUT2D eigenvalue weighted by Gasteiger charge is 2.08. The van der Waals surface area contributed by atoms with E-state index < -0.39 is 6.10 Å². The van der Waals surface area contributed by atoms with Gasteiger partial charge in [-0.05, 0) is 36.7 Å². The number of aliphatic hydroxyl groups is 1. The zero-order valence-corrected chi connectivity index (χ0v) is 11.6. The van der Waals surface area contributed by atoms with E-state index in [1.807, 2.05) is 18.4 Å². The van der Waals surface area contributed by atoms with E-state index in [9.17, 15) is 5.11 Å². The summed E-state index contributed by atoms with van der Waals surface area (Å²) in [5.74, 6) is 0. The Morgan fingerprint density at radius 3 is 3.00 bits per heavy atom. The summed E-state index contributed by atoms with van der Waals surface area (Å²) >= 11 is 6.61. The molecule has 0 radical (unpaired) electrons. The average Bonchev–Trinajstić information content (AvgIpc) is 2.83. The number of H-pyrrole nitrogens is 2. The van der Waals surface area contributed by atoms with E-state index in [2.05, 4.69) is 27.4 Å². The van der Waals surface area contributed by atoms with Crippen LogP contribution < -0.4 is 5.32 Å². The minimum atomic E-state index is -0.615. The van der Waals surface area contributed by atoms with Crippen LogP contribution in [0.25, 0.3) is 0 Å². The van der Waals surface area contributed by atoms with E-state index in [1.165, 1.54) is 4.90 Å². The van der Waals surface area contributed by atoms with Crippen LogP contribution in [0.1, 0.15) is 11.8 Å². The van der Waals surface area contributed by atoms with Gasteiger partial charge in [-0.2, -0.15) is 0 Å². The molecule has 1 heterocycles. The number of hydrogen-bond donors (Lipinski definition) is 4. The number of rotatable bonds is 5. The molecule has 96 valence electrons. The van der Waals surface area contributed by atoms with Gasteiger partial charge in [-0.25, -0.2) is 0 Å². The first kappa shape index (κ1) is 13.2. The molecular weight excluding hydrogens is 266 g/mol. The van der Waals surface area contributed by atoms with Crippen molar-refractivity contribution < 1.29 is 5.11 Å². The molecule has 2 rings (SSSR count). The van der Waals surface area contributed by atoms with Crippen molar-refractivity contribution in [3.8, 4) is 0 Å². The number of thioether (sulfide) groups is 1. The molecule has 6 heteroatoms. The number of anilines is 1. The summed E-state index contributed by atoms with van der Waals surface area (Å²) in [6.45, 7) is 0.432. The summed E-state index contributed by atoms with van der Waals surface area (Å²) in [6, 6.07) is 8.07. The molecule has 0 aliphatic rings. The first-order valence-corrected chi connectivity index (χ1v) is 7.16. The van der Waals surface area contributed by atoms with E-state index in [-0.39, 0.29) is 0 Å². The Morgan fingerprint density at radius 1 is 1.50 bits per heavy atom. The van der Waals surface area contributed by atoms with Crippen LogP contribution in [0.4, 0.5) is 5.69 Å². The Bertz CT molecular complexity index is 564. The molecule has 2 aromatic rings. The molecule has 0 saturated carbocycles. The molecule has 0 spiro atoms. The first-order chi connectivity index (χ1) is 8.69. The van der Waals surface area contributed by atoms with Crippen molar-refractivity contribution in [2.45, 2.75) is 11.0 Å². The van der Waals surface area contributed by atoms with Crippen LogP contribution in [0.5, 0.6) is 0 Å². The van der Waals surface area contributed by atoms with Gasteiger partial charge >= 0.3 is 0 Å². The number of aromatic amines is 2. The molecule has 18 heavy (non-hydrogen) atoms. The number of benzene rings is 1. The molecule has 0 aliphatic heterocycles. The second-order valence-electron chi connectivity index (χ2n) is 3.83. The summed E-state index contributed by atoms with van der Waals surface area (Å²) in [6.07, 6.45) is 3.11. The SMILES string of the molecule is CSc1cccc(NCC(O)c2c[nH]c(=S)[nH]2)c1. The lowest BCUT2D eigenvalue weighted by Crippen LogP contribution is -2.12. The van der Waals surface area contributed by atoms with Gasteiger partial charge in [0, 0.05) is 23.3 Å². The van der Waals surface area contributed by atoms with Crippen molar-refractivity contribution in [3.05, 3.63) is 40.9 Å². The largest absolute Gasteiger partial charge is 0.385 e. The van der Waals surface area contributed by atoms with Gasteiger partial charge in [0.25, 0.3) is 0 Å². The van der Waals surface area contributed by atoms with Crippen LogP contribution in [0.3, 0.4) is 0 Å². The van der Waals surface area contributed by atoms with Crippen molar-refractivity contribution in [1.29, 1.82) is 0 Å². The third kappa shape index (κ3) is 3.38. The maximum absolute atomic E-state index is 9.96. The van der Waals surface area contributed by atoms with Crippen molar-refractivity contribution in [2.75, 3.05) is 18.1 Å². The highest BCUT2D eigenvalue weighted by atomic mass is 32.2. The Balaban J connectivity index is 1.96. The predicted molar refractivity (Wildman–Crippen MR) is 77.6 cm³/mol. The third-order valence-corrected chi connectivity index (χ3v) is 3.49. The zero-order chi connectivity index (χ0) is 13.0. The van der Waals surface area contributed by atoms with E-state index in [0.717, 1.165) is 5.69 Å². The Kier molecular flexibility index (Phi) is 4.46. The Morgan fingerprint density at radius 2 is 2.33 bits per heavy atom. The third-order valence-electron chi connectivity index (χ3n) is 2.54. The lowest BCUT2D eigenvalue weighted by atomic mass is 10.2. The maximum atomic E-state index is 9.96. The molecule has 1 aromatic carbocycles. The van der Waals surface area contributed by atoms with Crippen molar-refractivity contribution >= 4 is 29.7 Å². The maximum Gasteiger partial charge on any atom is 0.174 e. The number of nitrogens with one attached hydrogen (secondary N) is 3. The van der Waals surface area contributed by atoms with Gasteiger partial charge in [-0.1, -0.05) is 6.07 Å². The van der Waals surface area contributed by atoms with E-state index >= 15 is 0 Å². The molecule has 0 bridgehead atoms. The predicted octanol–water partition coefficient (Wildman–Crippen LogP) is 2.94. The fraction of sp³-hybridized carbons (Fsp3) is 0.250. The van der Waals surface area contributed by atoms with E-state index in [1.54, 1.807) is 18.0 Å². The Labute approximate surface area is 115 Å². The summed E-state index contributed by atoms with van der Waals surface area (Å²) in [5, 5.41) is 13.2. The zero-order valence-electron chi connectivity index (χ0n) is 9.93. The monoisotopic (exact) mass is 281 g/mol. The summed E-state index contributed by atoms with van der Waals surface area (Å²) in [5.41, 5.74) is 1.68. The van der Waals surface area contributed by atoms with Crippen molar-refractivity contribution in [1.82, 2.24) is 9.97 Å². The van der Waals surface area contributed by atoms with Gasteiger partial charge in [0.2, 0.25) is 0 Å². The molecule has 0 saturated heterocycles. The van der Waals surface area contributed by atoms with Crippen LogP contribution in [-0.2, 0) is 0 Å². The minimum absolute atomic E-state index is 0.432. The molecule has 4 N–H and O–H groups in total. The summed E-state index contributed by atoms with van der Waals surface area (Å²) in [7, 11) is 0.